The van der Waals surface area contributed by atoms with E-state index in [1.807, 2.05) is 13.0 Å². The summed E-state index contributed by atoms with van der Waals surface area (Å²) >= 11 is 0. The van der Waals surface area contributed by atoms with Gasteiger partial charge in [0, 0.05) is 18.7 Å². The minimum atomic E-state index is -3.66. The number of carbonyl (C=O) groups is 1. The number of amides is 1. The first-order chi connectivity index (χ1) is 13.5. The largest absolute Gasteiger partial charge is 0.491 e. The number of nitrogens with one attached hydrogen (secondary N) is 1. The Hall–Kier alpha value is -2.42. The third-order valence-corrected chi connectivity index (χ3v) is 6.20. The average molecular weight is 404 g/mol. The summed E-state index contributed by atoms with van der Waals surface area (Å²) in [7, 11) is -3.66. The van der Waals surface area contributed by atoms with Crippen molar-refractivity contribution < 1.29 is 22.7 Å². The molecule has 0 spiro atoms. The van der Waals surface area contributed by atoms with Gasteiger partial charge in [-0.3, -0.25) is 4.79 Å². The van der Waals surface area contributed by atoms with Crippen LogP contribution in [0.3, 0.4) is 0 Å². The number of carbonyl (C=O) groups excluding carboxylic acids is 1. The van der Waals surface area contributed by atoms with E-state index in [-0.39, 0.29) is 10.5 Å². The van der Waals surface area contributed by atoms with Crippen molar-refractivity contribution in [2.75, 3.05) is 38.2 Å². The van der Waals surface area contributed by atoms with Gasteiger partial charge in [-0.25, -0.2) is 8.42 Å². The van der Waals surface area contributed by atoms with Crippen LogP contribution in [0.4, 0.5) is 5.69 Å². The van der Waals surface area contributed by atoms with Gasteiger partial charge in [0.1, 0.15) is 5.75 Å². The van der Waals surface area contributed by atoms with E-state index in [1.54, 1.807) is 30.3 Å². The fourth-order valence-electron chi connectivity index (χ4n) is 2.84. The van der Waals surface area contributed by atoms with Crippen molar-refractivity contribution in [2.45, 2.75) is 18.2 Å². The average Bonchev–Trinajstić information content (AvgIpc) is 2.74. The Morgan fingerprint density at radius 1 is 1.14 bits per heavy atom. The molecule has 150 valence electrons. The molecule has 0 atom stereocenters. The number of ether oxygens (including phenoxy) is 2. The SMILES string of the molecule is CCCOc1ccccc1NC(=O)c1cccc(S(=O)(=O)N2CCOCC2)c1. The van der Waals surface area contributed by atoms with Gasteiger partial charge in [0.15, 0.2) is 0 Å². The normalized spacial score (nSPS) is 15.2. The molecule has 1 fully saturated rings. The highest BCUT2D eigenvalue weighted by atomic mass is 32.2. The molecular formula is C20H24N2O5S. The predicted octanol–water partition coefficient (Wildman–Crippen LogP) is 2.75. The molecule has 3 rings (SSSR count). The van der Waals surface area contributed by atoms with Gasteiger partial charge in [-0.15, -0.1) is 0 Å². The number of benzene rings is 2. The van der Waals surface area contributed by atoms with E-state index in [0.717, 1.165) is 6.42 Å². The highest BCUT2D eigenvalue weighted by Gasteiger charge is 2.27. The number of sulfonamides is 1. The second-order valence-electron chi connectivity index (χ2n) is 6.34. The van der Waals surface area contributed by atoms with E-state index in [9.17, 15) is 13.2 Å². The number of hydrogen-bond acceptors (Lipinski definition) is 5. The summed E-state index contributed by atoms with van der Waals surface area (Å²) in [6, 6.07) is 13.2. The van der Waals surface area contributed by atoms with Crippen LogP contribution in [0.15, 0.2) is 53.4 Å². The van der Waals surface area contributed by atoms with E-state index in [4.69, 9.17) is 9.47 Å². The molecule has 0 saturated carbocycles. The van der Waals surface area contributed by atoms with Crippen LogP contribution in [0.25, 0.3) is 0 Å². The van der Waals surface area contributed by atoms with E-state index >= 15 is 0 Å². The summed E-state index contributed by atoms with van der Waals surface area (Å²) in [5.41, 5.74) is 0.807. The van der Waals surface area contributed by atoms with Crippen molar-refractivity contribution in [1.29, 1.82) is 0 Å². The van der Waals surface area contributed by atoms with E-state index < -0.39 is 15.9 Å². The number of anilines is 1. The lowest BCUT2D eigenvalue weighted by Gasteiger charge is -2.26. The fraction of sp³-hybridized carbons (Fsp3) is 0.350. The van der Waals surface area contributed by atoms with Crippen LogP contribution in [0.1, 0.15) is 23.7 Å². The second kappa shape index (κ2) is 9.18. The number of hydrogen-bond donors (Lipinski definition) is 1. The molecule has 1 N–H and O–H groups in total. The van der Waals surface area contributed by atoms with Gasteiger partial charge in [0.2, 0.25) is 10.0 Å². The van der Waals surface area contributed by atoms with Crippen molar-refractivity contribution >= 4 is 21.6 Å². The summed E-state index contributed by atoms with van der Waals surface area (Å²) < 4.78 is 37.9. The van der Waals surface area contributed by atoms with Gasteiger partial charge >= 0.3 is 0 Å². The number of rotatable bonds is 7. The van der Waals surface area contributed by atoms with Crippen molar-refractivity contribution in [3.63, 3.8) is 0 Å². The Labute approximate surface area is 165 Å². The van der Waals surface area contributed by atoms with Gasteiger partial charge in [0.25, 0.3) is 5.91 Å². The first-order valence-electron chi connectivity index (χ1n) is 9.23. The molecule has 0 radical (unpaired) electrons. The minimum Gasteiger partial charge on any atom is -0.491 e. The summed E-state index contributed by atoms with van der Waals surface area (Å²) in [5, 5.41) is 2.80. The Morgan fingerprint density at radius 3 is 2.64 bits per heavy atom. The molecule has 0 bridgehead atoms. The van der Waals surface area contributed by atoms with Crippen LogP contribution in [0.5, 0.6) is 5.75 Å². The molecule has 0 unspecified atom stereocenters. The minimum absolute atomic E-state index is 0.0950. The molecule has 0 aromatic heterocycles. The van der Waals surface area contributed by atoms with Gasteiger partial charge < -0.3 is 14.8 Å². The highest BCUT2D eigenvalue weighted by Crippen LogP contribution is 2.25. The zero-order chi connectivity index (χ0) is 20.0. The van der Waals surface area contributed by atoms with Crippen LogP contribution < -0.4 is 10.1 Å². The number of para-hydroxylation sites is 2. The summed E-state index contributed by atoms with van der Waals surface area (Å²) in [6.07, 6.45) is 0.851. The first kappa shape index (κ1) is 20.3. The Bertz CT molecular complexity index is 924. The van der Waals surface area contributed by atoms with Gasteiger partial charge in [-0.05, 0) is 36.8 Å². The van der Waals surface area contributed by atoms with Crippen molar-refractivity contribution in [1.82, 2.24) is 4.31 Å². The Balaban J connectivity index is 1.80. The second-order valence-corrected chi connectivity index (χ2v) is 8.28. The van der Waals surface area contributed by atoms with E-state index in [1.165, 1.54) is 16.4 Å². The fourth-order valence-corrected chi connectivity index (χ4v) is 4.29. The molecule has 0 aliphatic carbocycles. The Kier molecular flexibility index (Phi) is 6.66. The van der Waals surface area contributed by atoms with Crippen LogP contribution in [0, 0.1) is 0 Å². The van der Waals surface area contributed by atoms with Crippen LogP contribution in [-0.4, -0.2) is 51.5 Å². The third-order valence-electron chi connectivity index (χ3n) is 4.30. The molecule has 1 amide bonds. The molecule has 7 nitrogen and oxygen atoms in total. The summed E-state index contributed by atoms with van der Waals surface area (Å²) in [4.78, 5) is 12.8. The quantitative estimate of drug-likeness (QED) is 0.767. The molecule has 1 saturated heterocycles. The lowest BCUT2D eigenvalue weighted by atomic mass is 10.2. The number of nitrogens with zero attached hydrogens (tertiary/aromatic N) is 1. The summed E-state index contributed by atoms with van der Waals surface area (Å²) in [6.45, 7) is 3.89. The Morgan fingerprint density at radius 2 is 1.89 bits per heavy atom. The monoisotopic (exact) mass is 404 g/mol. The van der Waals surface area contributed by atoms with Gasteiger partial charge in [-0.2, -0.15) is 4.31 Å². The predicted molar refractivity (Wildman–Crippen MR) is 106 cm³/mol. The molecule has 2 aromatic carbocycles. The zero-order valence-corrected chi connectivity index (χ0v) is 16.6. The maximum Gasteiger partial charge on any atom is 0.255 e. The maximum atomic E-state index is 12.8. The third kappa shape index (κ3) is 4.70. The molecule has 1 aliphatic rings. The molecular weight excluding hydrogens is 380 g/mol. The first-order valence-corrected chi connectivity index (χ1v) is 10.7. The lowest BCUT2D eigenvalue weighted by Crippen LogP contribution is -2.40. The van der Waals surface area contributed by atoms with Crippen LogP contribution in [0.2, 0.25) is 0 Å². The van der Waals surface area contributed by atoms with Crippen LogP contribution >= 0.6 is 0 Å². The van der Waals surface area contributed by atoms with E-state index in [2.05, 4.69) is 5.32 Å². The molecule has 1 heterocycles. The van der Waals surface area contributed by atoms with Crippen LogP contribution in [-0.2, 0) is 14.8 Å². The van der Waals surface area contributed by atoms with E-state index in [0.29, 0.717) is 44.3 Å². The van der Waals surface area contributed by atoms with Gasteiger partial charge in [0.05, 0.1) is 30.4 Å². The molecule has 8 heteroatoms. The maximum absolute atomic E-state index is 12.8. The van der Waals surface area contributed by atoms with Gasteiger partial charge in [-0.1, -0.05) is 25.1 Å². The molecule has 1 aliphatic heterocycles. The standard InChI is InChI=1S/C20H24N2O5S/c1-2-12-27-19-9-4-3-8-18(19)21-20(23)16-6-5-7-17(15-16)28(24,25)22-10-13-26-14-11-22/h3-9,15H,2,10-14H2,1H3,(H,21,23). The smallest absolute Gasteiger partial charge is 0.255 e. The lowest BCUT2D eigenvalue weighted by molar-refractivity contribution is 0.0730. The number of morpholine rings is 1. The zero-order valence-electron chi connectivity index (χ0n) is 15.8. The van der Waals surface area contributed by atoms with Crippen molar-refractivity contribution in [2.24, 2.45) is 0 Å². The molecule has 28 heavy (non-hydrogen) atoms. The summed E-state index contributed by atoms with van der Waals surface area (Å²) in [5.74, 6) is 0.182. The van der Waals surface area contributed by atoms with Crippen molar-refractivity contribution in [3.8, 4) is 5.75 Å². The highest BCUT2D eigenvalue weighted by molar-refractivity contribution is 7.89. The van der Waals surface area contributed by atoms with Crippen molar-refractivity contribution in [3.05, 3.63) is 54.1 Å². The topological polar surface area (TPSA) is 84.9 Å². The molecule has 2 aromatic rings.